The maximum Gasteiger partial charge on any atom is 0.0177 e. The van der Waals surface area contributed by atoms with Crippen molar-refractivity contribution >= 4 is 31.9 Å². The number of rotatable bonds is 6. The third kappa shape index (κ3) is 4.75. The molecule has 0 N–H and O–H groups in total. The van der Waals surface area contributed by atoms with Crippen molar-refractivity contribution in [2.24, 2.45) is 5.92 Å². The minimum Gasteiger partial charge on any atom is -0.0925 e. The van der Waals surface area contributed by atoms with E-state index in [9.17, 15) is 0 Å². The molecule has 0 aromatic heterocycles. The van der Waals surface area contributed by atoms with Crippen molar-refractivity contribution in [3.05, 3.63) is 69.7 Å². The van der Waals surface area contributed by atoms with Crippen LogP contribution in [0.25, 0.3) is 0 Å². The number of halogens is 2. The minimum atomic E-state index is 0.636. The molecule has 106 valence electrons. The monoisotopic (exact) mass is 394 g/mol. The van der Waals surface area contributed by atoms with Gasteiger partial charge in [0.05, 0.1) is 0 Å². The predicted octanol–water partition coefficient (Wildman–Crippen LogP) is 5.81. The van der Waals surface area contributed by atoms with Gasteiger partial charge in [-0.2, -0.15) is 0 Å². The number of alkyl halides is 1. The third-order valence-corrected chi connectivity index (χ3v) is 5.00. The topological polar surface area (TPSA) is 0 Å². The van der Waals surface area contributed by atoms with Crippen LogP contribution >= 0.6 is 31.9 Å². The summed E-state index contributed by atoms with van der Waals surface area (Å²) in [5.74, 6) is 0.636. The van der Waals surface area contributed by atoms with Crippen LogP contribution in [0.15, 0.2) is 53.0 Å². The normalized spacial score (nSPS) is 12.3. The summed E-state index contributed by atoms with van der Waals surface area (Å²) in [7, 11) is 0. The zero-order valence-corrected chi connectivity index (χ0v) is 15.0. The second-order valence-corrected chi connectivity index (χ2v) is 6.79. The second-order valence-electron chi connectivity index (χ2n) is 5.23. The van der Waals surface area contributed by atoms with Crippen LogP contribution in [0, 0.1) is 5.92 Å². The Kier molecular flexibility index (Phi) is 6.31. The summed E-state index contributed by atoms with van der Waals surface area (Å²) in [4.78, 5) is 0. The average molecular weight is 396 g/mol. The molecule has 0 aliphatic heterocycles. The van der Waals surface area contributed by atoms with Gasteiger partial charge in [0.25, 0.3) is 0 Å². The molecule has 0 spiro atoms. The lowest BCUT2D eigenvalue weighted by atomic mass is 9.94. The van der Waals surface area contributed by atoms with Crippen LogP contribution in [-0.4, -0.2) is 5.33 Å². The van der Waals surface area contributed by atoms with Crippen molar-refractivity contribution < 1.29 is 0 Å². The van der Waals surface area contributed by atoms with Crippen molar-refractivity contribution in [3.63, 3.8) is 0 Å². The van der Waals surface area contributed by atoms with E-state index < -0.39 is 0 Å². The Morgan fingerprint density at radius 2 is 1.55 bits per heavy atom. The second kappa shape index (κ2) is 7.99. The lowest BCUT2D eigenvalue weighted by Gasteiger charge is -2.15. The Balaban J connectivity index is 2.01. The van der Waals surface area contributed by atoms with Gasteiger partial charge in [0.15, 0.2) is 0 Å². The summed E-state index contributed by atoms with van der Waals surface area (Å²) >= 11 is 7.21. The van der Waals surface area contributed by atoms with Crippen molar-refractivity contribution in [1.29, 1.82) is 0 Å². The molecule has 0 aliphatic rings. The van der Waals surface area contributed by atoms with Crippen molar-refractivity contribution in [2.45, 2.75) is 26.2 Å². The standard InChI is InChI=1S/C18H20Br2/c1-2-14-6-8-15(9-7-14)10-17(13-19)11-16-4-3-5-18(20)12-16/h3-9,12,17H,2,10-11,13H2,1H3. The summed E-state index contributed by atoms with van der Waals surface area (Å²) in [5.41, 5.74) is 4.24. The first-order valence-corrected chi connectivity index (χ1v) is 9.01. The maximum atomic E-state index is 3.67. The number of hydrogen-bond acceptors (Lipinski definition) is 0. The Bertz CT molecular complexity index is 531. The smallest absolute Gasteiger partial charge is 0.0177 e. The van der Waals surface area contributed by atoms with Crippen LogP contribution < -0.4 is 0 Å². The van der Waals surface area contributed by atoms with Crippen LogP contribution in [0.3, 0.4) is 0 Å². The molecule has 0 bridgehead atoms. The SMILES string of the molecule is CCc1ccc(CC(CBr)Cc2cccc(Br)c2)cc1. The fourth-order valence-electron chi connectivity index (χ4n) is 2.42. The summed E-state index contributed by atoms with van der Waals surface area (Å²) in [6.07, 6.45) is 3.35. The molecular weight excluding hydrogens is 376 g/mol. The van der Waals surface area contributed by atoms with E-state index in [1.807, 2.05) is 0 Å². The summed E-state index contributed by atoms with van der Waals surface area (Å²) < 4.78 is 1.16. The van der Waals surface area contributed by atoms with Crippen LogP contribution in [-0.2, 0) is 19.3 Å². The van der Waals surface area contributed by atoms with E-state index in [1.165, 1.54) is 16.7 Å². The highest BCUT2D eigenvalue weighted by atomic mass is 79.9. The summed E-state index contributed by atoms with van der Waals surface area (Å²) in [6, 6.07) is 17.7. The first kappa shape index (κ1) is 15.8. The molecule has 20 heavy (non-hydrogen) atoms. The highest BCUT2D eigenvalue weighted by Gasteiger charge is 2.10. The molecule has 0 nitrogen and oxygen atoms in total. The molecule has 0 radical (unpaired) electrons. The van der Waals surface area contributed by atoms with Gasteiger partial charge in [-0.15, -0.1) is 0 Å². The van der Waals surface area contributed by atoms with E-state index in [0.29, 0.717) is 5.92 Å². The Labute approximate surface area is 138 Å². The van der Waals surface area contributed by atoms with Gasteiger partial charge in [0, 0.05) is 9.80 Å². The van der Waals surface area contributed by atoms with E-state index in [2.05, 4.69) is 87.3 Å². The fourth-order valence-corrected chi connectivity index (χ4v) is 3.33. The quantitative estimate of drug-likeness (QED) is 0.541. The zero-order chi connectivity index (χ0) is 14.4. The number of hydrogen-bond donors (Lipinski definition) is 0. The molecule has 0 heterocycles. The molecule has 2 aromatic rings. The maximum absolute atomic E-state index is 3.67. The molecule has 1 unspecified atom stereocenters. The van der Waals surface area contributed by atoms with Crippen LogP contribution in [0.4, 0.5) is 0 Å². The van der Waals surface area contributed by atoms with Crippen molar-refractivity contribution in [1.82, 2.24) is 0 Å². The fraction of sp³-hybridized carbons (Fsp3) is 0.333. The van der Waals surface area contributed by atoms with Crippen molar-refractivity contribution in [2.75, 3.05) is 5.33 Å². The molecule has 0 fully saturated rings. The van der Waals surface area contributed by atoms with Gasteiger partial charge < -0.3 is 0 Å². The van der Waals surface area contributed by atoms with Gasteiger partial charge in [-0.05, 0) is 54.0 Å². The molecule has 2 aromatic carbocycles. The van der Waals surface area contributed by atoms with E-state index in [0.717, 1.165) is 29.1 Å². The minimum absolute atomic E-state index is 0.636. The molecule has 1 atom stereocenters. The van der Waals surface area contributed by atoms with Gasteiger partial charge in [-0.3, -0.25) is 0 Å². The van der Waals surface area contributed by atoms with E-state index in [-0.39, 0.29) is 0 Å². The lowest BCUT2D eigenvalue weighted by molar-refractivity contribution is 0.591. The molecule has 2 rings (SSSR count). The van der Waals surface area contributed by atoms with Gasteiger partial charge in [-0.25, -0.2) is 0 Å². The highest BCUT2D eigenvalue weighted by molar-refractivity contribution is 9.10. The van der Waals surface area contributed by atoms with Crippen LogP contribution in [0.1, 0.15) is 23.6 Å². The Morgan fingerprint density at radius 1 is 0.900 bits per heavy atom. The first-order chi connectivity index (χ1) is 9.71. The average Bonchev–Trinajstić information content (AvgIpc) is 2.47. The predicted molar refractivity (Wildman–Crippen MR) is 94.7 cm³/mol. The first-order valence-electron chi connectivity index (χ1n) is 7.09. The van der Waals surface area contributed by atoms with Gasteiger partial charge in [0.1, 0.15) is 0 Å². The Hall–Kier alpha value is -0.600. The highest BCUT2D eigenvalue weighted by Crippen LogP contribution is 2.20. The summed E-state index contributed by atoms with van der Waals surface area (Å²) in [6.45, 7) is 2.20. The molecular formula is C18H20Br2. The molecule has 0 saturated heterocycles. The Morgan fingerprint density at radius 3 is 2.15 bits per heavy atom. The van der Waals surface area contributed by atoms with E-state index in [1.54, 1.807) is 0 Å². The van der Waals surface area contributed by atoms with Crippen molar-refractivity contribution in [3.8, 4) is 0 Å². The van der Waals surface area contributed by atoms with Gasteiger partial charge >= 0.3 is 0 Å². The third-order valence-electron chi connectivity index (χ3n) is 3.59. The largest absolute Gasteiger partial charge is 0.0925 e. The molecule has 2 heteroatoms. The molecule has 0 saturated carbocycles. The van der Waals surface area contributed by atoms with Crippen LogP contribution in [0.2, 0.25) is 0 Å². The lowest BCUT2D eigenvalue weighted by Crippen LogP contribution is -2.10. The molecule has 0 aliphatic carbocycles. The van der Waals surface area contributed by atoms with Gasteiger partial charge in [0.2, 0.25) is 0 Å². The zero-order valence-electron chi connectivity index (χ0n) is 11.8. The number of benzene rings is 2. The molecule has 0 amide bonds. The van der Waals surface area contributed by atoms with Gasteiger partial charge in [-0.1, -0.05) is 75.2 Å². The van der Waals surface area contributed by atoms with Crippen LogP contribution in [0.5, 0.6) is 0 Å². The number of aryl methyl sites for hydroxylation is 1. The van der Waals surface area contributed by atoms with E-state index in [4.69, 9.17) is 0 Å². The summed E-state index contributed by atoms with van der Waals surface area (Å²) in [5, 5.41) is 1.04. The van der Waals surface area contributed by atoms with E-state index >= 15 is 0 Å².